The van der Waals surface area contributed by atoms with E-state index >= 15 is 0 Å². The second-order valence-electron chi connectivity index (χ2n) is 8.17. The van der Waals surface area contributed by atoms with E-state index in [2.05, 4.69) is 27.3 Å². The van der Waals surface area contributed by atoms with E-state index in [9.17, 15) is 9.59 Å². The maximum absolute atomic E-state index is 13.0. The molecule has 1 aromatic carbocycles. The molecule has 32 heavy (non-hydrogen) atoms. The summed E-state index contributed by atoms with van der Waals surface area (Å²) in [6, 6.07) is 7.40. The highest BCUT2D eigenvalue weighted by Gasteiger charge is 2.25. The van der Waals surface area contributed by atoms with Crippen molar-refractivity contribution in [1.82, 2.24) is 14.6 Å². The van der Waals surface area contributed by atoms with Crippen LogP contribution in [0.2, 0.25) is 0 Å². The first kappa shape index (κ1) is 22.7. The predicted molar refractivity (Wildman–Crippen MR) is 128 cm³/mol. The van der Waals surface area contributed by atoms with Crippen molar-refractivity contribution < 1.29 is 9.53 Å². The molecule has 2 aliphatic rings. The summed E-state index contributed by atoms with van der Waals surface area (Å²) in [5.74, 6) is 0.702. The first-order valence-corrected chi connectivity index (χ1v) is 12.3. The molecular formula is C23H31N5O3S. The van der Waals surface area contributed by atoms with E-state index < -0.39 is 0 Å². The minimum atomic E-state index is -0.236. The number of rotatable bonds is 7. The number of para-hydroxylation sites is 2. The molecule has 1 fully saturated rings. The fourth-order valence-corrected chi connectivity index (χ4v) is 5.13. The number of thioether (sulfide) groups is 1. The Morgan fingerprint density at radius 3 is 2.69 bits per heavy atom. The predicted octanol–water partition coefficient (Wildman–Crippen LogP) is 2.13. The standard InChI is InChI=1S/C23H31N5O3S/c1-3-31-20-11-7-5-9-18(20)24-21(29)16-32-22-17-8-4-6-10-19(17)28(23(30)25-22)27-14-12-26(2)13-15-27/h5,7,9,11H,3-4,6,8,10,12-16H2,1-2H3,(H,24,29). The van der Waals surface area contributed by atoms with Crippen LogP contribution >= 0.6 is 11.8 Å². The molecule has 0 saturated carbocycles. The van der Waals surface area contributed by atoms with Crippen molar-refractivity contribution >= 4 is 23.4 Å². The number of amides is 1. The number of anilines is 1. The fourth-order valence-electron chi connectivity index (χ4n) is 4.25. The number of nitrogens with one attached hydrogen (secondary N) is 1. The maximum Gasteiger partial charge on any atom is 0.367 e. The number of ether oxygens (including phenoxy) is 1. The minimum absolute atomic E-state index is 0.142. The van der Waals surface area contributed by atoms with Crippen molar-refractivity contribution in [3.63, 3.8) is 0 Å². The summed E-state index contributed by atoms with van der Waals surface area (Å²) in [6.45, 7) is 5.94. The number of hydrogen-bond donors (Lipinski definition) is 1. The summed E-state index contributed by atoms with van der Waals surface area (Å²) in [4.78, 5) is 32.3. The molecule has 2 heterocycles. The Kier molecular flexibility index (Phi) is 7.36. The summed E-state index contributed by atoms with van der Waals surface area (Å²) in [5, 5.41) is 5.75. The van der Waals surface area contributed by atoms with Crippen molar-refractivity contribution in [2.75, 3.05) is 55.9 Å². The topological polar surface area (TPSA) is 79.7 Å². The number of fused-ring (bicyclic) bond motifs is 1. The smallest absolute Gasteiger partial charge is 0.367 e. The molecule has 0 spiro atoms. The van der Waals surface area contributed by atoms with Crippen LogP contribution in [0.25, 0.3) is 0 Å². The summed E-state index contributed by atoms with van der Waals surface area (Å²) >= 11 is 1.35. The second kappa shape index (κ2) is 10.4. The zero-order valence-corrected chi connectivity index (χ0v) is 19.6. The Morgan fingerprint density at radius 2 is 1.91 bits per heavy atom. The average Bonchev–Trinajstić information content (AvgIpc) is 2.80. The lowest BCUT2D eigenvalue weighted by molar-refractivity contribution is -0.113. The van der Waals surface area contributed by atoms with Gasteiger partial charge in [0, 0.05) is 31.7 Å². The van der Waals surface area contributed by atoms with Crippen molar-refractivity contribution in [2.24, 2.45) is 0 Å². The highest BCUT2D eigenvalue weighted by Crippen LogP contribution is 2.29. The van der Waals surface area contributed by atoms with Crippen molar-refractivity contribution in [2.45, 2.75) is 37.6 Å². The normalized spacial score (nSPS) is 16.5. The van der Waals surface area contributed by atoms with E-state index in [1.165, 1.54) is 11.8 Å². The van der Waals surface area contributed by atoms with Crippen LogP contribution in [-0.4, -0.2) is 66.1 Å². The Bertz CT molecular complexity index is 1020. The van der Waals surface area contributed by atoms with Crippen LogP contribution in [0.15, 0.2) is 34.1 Å². The molecular weight excluding hydrogens is 426 g/mol. The molecule has 2 aromatic rings. The number of carbonyl (C=O) groups excluding carboxylic acids is 1. The molecule has 1 aliphatic carbocycles. The van der Waals surface area contributed by atoms with Crippen LogP contribution in [0.1, 0.15) is 31.0 Å². The number of likely N-dealkylation sites (N-methyl/N-ethyl adjacent to an activating group) is 1. The van der Waals surface area contributed by atoms with Crippen LogP contribution in [0.3, 0.4) is 0 Å². The third-order valence-corrected chi connectivity index (χ3v) is 6.91. The van der Waals surface area contributed by atoms with Gasteiger partial charge in [-0.05, 0) is 51.8 Å². The molecule has 1 amide bonds. The van der Waals surface area contributed by atoms with Gasteiger partial charge in [-0.3, -0.25) is 4.79 Å². The molecule has 1 saturated heterocycles. The van der Waals surface area contributed by atoms with Gasteiger partial charge >= 0.3 is 5.69 Å². The third-order valence-electron chi connectivity index (χ3n) is 5.89. The minimum Gasteiger partial charge on any atom is -0.492 e. The van der Waals surface area contributed by atoms with Gasteiger partial charge in [-0.25, -0.2) is 9.47 Å². The molecule has 1 aromatic heterocycles. The summed E-state index contributed by atoms with van der Waals surface area (Å²) in [7, 11) is 2.10. The zero-order valence-electron chi connectivity index (χ0n) is 18.8. The van der Waals surface area contributed by atoms with E-state index in [1.807, 2.05) is 35.9 Å². The van der Waals surface area contributed by atoms with Gasteiger partial charge in [0.15, 0.2) is 0 Å². The van der Waals surface area contributed by atoms with Gasteiger partial charge in [0.25, 0.3) is 0 Å². The second-order valence-corrected chi connectivity index (χ2v) is 9.13. The van der Waals surface area contributed by atoms with Crippen LogP contribution in [0.5, 0.6) is 5.75 Å². The SMILES string of the molecule is CCOc1ccccc1NC(=O)CSc1nc(=O)n(N2CCN(C)CC2)c2c1CCCC2. The van der Waals surface area contributed by atoms with E-state index in [4.69, 9.17) is 4.74 Å². The lowest BCUT2D eigenvalue weighted by Crippen LogP contribution is -2.54. The number of hydrogen-bond acceptors (Lipinski definition) is 7. The molecule has 4 rings (SSSR count). The number of benzene rings is 1. The highest BCUT2D eigenvalue weighted by molar-refractivity contribution is 8.00. The molecule has 0 atom stereocenters. The van der Waals surface area contributed by atoms with Gasteiger partial charge in [0.1, 0.15) is 10.8 Å². The number of nitrogens with zero attached hydrogens (tertiary/aromatic N) is 4. The van der Waals surface area contributed by atoms with Crippen molar-refractivity contribution in [3.8, 4) is 5.75 Å². The van der Waals surface area contributed by atoms with Crippen molar-refractivity contribution in [1.29, 1.82) is 0 Å². The third kappa shape index (κ3) is 5.10. The summed E-state index contributed by atoms with van der Waals surface area (Å²) in [6.07, 6.45) is 3.93. The van der Waals surface area contributed by atoms with Crippen LogP contribution in [-0.2, 0) is 17.6 Å². The molecule has 1 aliphatic heterocycles. The van der Waals surface area contributed by atoms with Crippen LogP contribution < -0.4 is 20.8 Å². The number of aromatic nitrogens is 2. The largest absolute Gasteiger partial charge is 0.492 e. The molecule has 1 N–H and O–H groups in total. The Morgan fingerprint density at radius 1 is 1.16 bits per heavy atom. The molecule has 0 bridgehead atoms. The van der Waals surface area contributed by atoms with E-state index in [0.717, 1.165) is 63.1 Å². The molecule has 0 unspecified atom stereocenters. The van der Waals surface area contributed by atoms with E-state index in [0.29, 0.717) is 23.1 Å². The quantitative estimate of drug-likeness (QED) is 0.504. The molecule has 172 valence electrons. The summed E-state index contributed by atoms with van der Waals surface area (Å²) in [5.41, 5.74) is 2.62. The first-order chi connectivity index (χ1) is 15.6. The zero-order chi connectivity index (χ0) is 22.5. The lowest BCUT2D eigenvalue weighted by atomic mass is 9.97. The Labute approximate surface area is 192 Å². The Balaban J connectivity index is 1.50. The maximum atomic E-state index is 13.0. The molecule has 9 heteroatoms. The summed E-state index contributed by atoms with van der Waals surface area (Å²) < 4.78 is 7.39. The van der Waals surface area contributed by atoms with Crippen LogP contribution in [0, 0.1) is 0 Å². The number of carbonyl (C=O) groups is 1. The van der Waals surface area contributed by atoms with Gasteiger partial charge in [-0.1, -0.05) is 23.9 Å². The fraction of sp³-hybridized carbons (Fsp3) is 0.522. The van der Waals surface area contributed by atoms with E-state index in [1.54, 1.807) is 0 Å². The molecule has 8 nitrogen and oxygen atoms in total. The van der Waals surface area contributed by atoms with Gasteiger partial charge in [-0.15, -0.1) is 0 Å². The first-order valence-electron chi connectivity index (χ1n) is 11.3. The monoisotopic (exact) mass is 457 g/mol. The number of piperazine rings is 1. The average molecular weight is 458 g/mol. The Hall–Kier alpha value is -2.52. The van der Waals surface area contributed by atoms with Gasteiger partial charge in [0.2, 0.25) is 5.91 Å². The molecule has 0 radical (unpaired) electrons. The van der Waals surface area contributed by atoms with Crippen molar-refractivity contribution in [3.05, 3.63) is 46.0 Å². The van der Waals surface area contributed by atoms with E-state index in [-0.39, 0.29) is 17.3 Å². The van der Waals surface area contributed by atoms with Gasteiger partial charge < -0.3 is 20.0 Å². The van der Waals surface area contributed by atoms with Gasteiger partial charge in [0.05, 0.1) is 23.7 Å². The van der Waals surface area contributed by atoms with Crippen LogP contribution in [0.4, 0.5) is 5.69 Å². The van der Waals surface area contributed by atoms with Gasteiger partial charge in [-0.2, -0.15) is 4.98 Å². The highest BCUT2D eigenvalue weighted by atomic mass is 32.2. The lowest BCUT2D eigenvalue weighted by Gasteiger charge is -2.37.